The van der Waals surface area contributed by atoms with E-state index in [2.05, 4.69) is 16.7 Å². The molecule has 186 valence electrons. The molecule has 0 spiro atoms. The van der Waals surface area contributed by atoms with E-state index in [4.69, 9.17) is 9.97 Å². The lowest BCUT2D eigenvalue weighted by molar-refractivity contribution is 0.325. The van der Waals surface area contributed by atoms with Gasteiger partial charge in [-0.1, -0.05) is 18.2 Å². The molecule has 5 nitrogen and oxygen atoms in total. The summed E-state index contributed by atoms with van der Waals surface area (Å²) in [5.74, 6) is 0.686. The van der Waals surface area contributed by atoms with Crippen LogP contribution in [0.25, 0.3) is 10.9 Å². The van der Waals surface area contributed by atoms with Crippen molar-refractivity contribution in [1.82, 2.24) is 15.3 Å². The van der Waals surface area contributed by atoms with Crippen LogP contribution in [0.2, 0.25) is 0 Å². The molecule has 1 aliphatic carbocycles. The summed E-state index contributed by atoms with van der Waals surface area (Å²) >= 11 is 0. The van der Waals surface area contributed by atoms with Crippen LogP contribution in [0.5, 0.6) is 0 Å². The first kappa shape index (κ1) is 28.0. The quantitative estimate of drug-likeness (QED) is 0.384. The highest BCUT2D eigenvalue weighted by molar-refractivity contribution is 5.90. The molecule has 0 aliphatic heterocycles. The van der Waals surface area contributed by atoms with Gasteiger partial charge in [0, 0.05) is 25.5 Å². The number of anilines is 2. The van der Waals surface area contributed by atoms with E-state index in [1.165, 1.54) is 12.1 Å². The molecule has 0 amide bonds. The molecule has 0 atom stereocenters. The molecule has 1 aliphatic rings. The first-order valence-electron chi connectivity index (χ1n) is 11.3. The highest BCUT2D eigenvalue weighted by Gasteiger charge is 2.22. The SMILES string of the molecule is CN(C)c1nc(NC2CCC(CNCCc3ccc(F)c(F)c3)CC2)nc2ccccc12.Cl.Cl. The number of fused-ring (bicyclic) bond motifs is 1. The summed E-state index contributed by atoms with van der Waals surface area (Å²) < 4.78 is 26.3. The molecular weight excluding hydrogens is 479 g/mol. The van der Waals surface area contributed by atoms with Crippen LogP contribution in [0.3, 0.4) is 0 Å². The van der Waals surface area contributed by atoms with Crippen molar-refractivity contribution in [2.75, 3.05) is 37.4 Å². The molecule has 0 unspecified atom stereocenters. The molecule has 1 heterocycles. The number of nitrogens with one attached hydrogen (secondary N) is 2. The third-order valence-electron chi connectivity index (χ3n) is 6.19. The van der Waals surface area contributed by atoms with E-state index >= 15 is 0 Å². The van der Waals surface area contributed by atoms with E-state index in [0.717, 1.165) is 61.1 Å². The van der Waals surface area contributed by atoms with Gasteiger partial charge in [0.2, 0.25) is 5.95 Å². The van der Waals surface area contributed by atoms with Gasteiger partial charge in [0.15, 0.2) is 11.6 Å². The first-order valence-corrected chi connectivity index (χ1v) is 11.3. The number of hydrogen-bond donors (Lipinski definition) is 2. The first-order chi connectivity index (χ1) is 15.5. The molecule has 34 heavy (non-hydrogen) atoms. The smallest absolute Gasteiger partial charge is 0.225 e. The Labute approximate surface area is 212 Å². The Morgan fingerprint density at radius 1 is 0.941 bits per heavy atom. The second-order valence-electron chi connectivity index (χ2n) is 8.85. The zero-order chi connectivity index (χ0) is 22.5. The average Bonchev–Trinajstić information content (AvgIpc) is 2.79. The van der Waals surface area contributed by atoms with Crippen LogP contribution in [0.4, 0.5) is 20.5 Å². The summed E-state index contributed by atoms with van der Waals surface area (Å²) in [6.45, 7) is 1.72. The number of rotatable bonds is 8. The van der Waals surface area contributed by atoms with Crippen LogP contribution in [0.1, 0.15) is 31.2 Å². The number of hydrogen-bond acceptors (Lipinski definition) is 5. The van der Waals surface area contributed by atoms with Gasteiger partial charge in [-0.05, 0) is 80.9 Å². The van der Waals surface area contributed by atoms with Crippen molar-refractivity contribution in [2.24, 2.45) is 5.92 Å². The maximum atomic E-state index is 13.3. The van der Waals surface area contributed by atoms with Gasteiger partial charge in [0.1, 0.15) is 5.82 Å². The van der Waals surface area contributed by atoms with Crippen molar-refractivity contribution >= 4 is 47.5 Å². The molecule has 0 radical (unpaired) electrons. The highest BCUT2D eigenvalue weighted by Crippen LogP contribution is 2.28. The molecule has 1 fully saturated rings. The predicted molar refractivity (Wildman–Crippen MR) is 141 cm³/mol. The summed E-state index contributed by atoms with van der Waals surface area (Å²) in [7, 11) is 4.01. The zero-order valence-corrected chi connectivity index (χ0v) is 21.2. The van der Waals surface area contributed by atoms with Crippen LogP contribution in [0, 0.1) is 17.6 Å². The van der Waals surface area contributed by atoms with Crippen molar-refractivity contribution in [2.45, 2.75) is 38.1 Å². The Kier molecular flexibility index (Phi) is 10.7. The van der Waals surface area contributed by atoms with Crippen LogP contribution < -0.4 is 15.5 Å². The fourth-order valence-corrected chi connectivity index (χ4v) is 4.39. The maximum absolute atomic E-state index is 13.3. The minimum Gasteiger partial charge on any atom is -0.362 e. The summed E-state index contributed by atoms with van der Waals surface area (Å²) in [4.78, 5) is 11.5. The van der Waals surface area contributed by atoms with Crippen molar-refractivity contribution in [1.29, 1.82) is 0 Å². The molecular formula is C25H33Cl2F2N5. The van der Waals surface area contributed by atoms with E-state index in [0.29, 0.717) is 24.3 Å². The lowest BCUT2D eigenvalue weighted by atomic mass is 9.86. The van der Waals surface area contributed by atoms with Gasteiger partial charge in [0.25, 0.3) is 0 Å². The van der Waals surface area contributed by atoms with Gasteiger partial charge in [-0.15, -0.1) is 24.8 Å². The molecule has 1 aromatic heterocycles. The Bertz CT molecular complexity index is 1060. The van der Waals surface area contributed by atoms with Gasteiger partial charge < -0.3 is 15.5 Å². The van der Waals surface area contributed by atoms with E-state index in [-0.39, 0.29) is 24.8 Å². The fraction of sp³-hybridized carbons (Fsp3) is 0.440. The number of halogens is 4. The molecule has 1 saturated carbocycles. The Morgan fingerprint density at radius 2 is 1.68 bits per heavy atom. The topological polar surface area (TPSA) is 53.1 Å². The van der Waals surface area contributed by atoms with Gasteiger partial charge in [-0.3, -0.25) is 0 Å². The van der Waals surface area contributed by atoms with E-state index in [9.17, 15) is 8.78 Å². The van der Waals surface area contributed by atoms with Crippen LogP contribution in [-0.2, 0) is 6.42 Å². The molecule has 3 aromatic rings. The number of benzene rings is 2. The van der Waals surface area contributed by atoms with E-state index in [1.807, 2.05) is 37.2 Å². The summed E-state index contributed by atoms with van der Waals surface area (Å²) in [6.07, 6.45) is 5.15. The van der Waals surface area contributed by atoms with E-state index < -0.39 is 11.6 Å². The van der Waals surface area contributed by atoms with Crippen molar-refractivity contribution in [3.63, 3.8) is 0 Å². The van der Waals surface area contributed by atoms with Crippen LogP contribution in [-0.4, -0.2) is 43.2 Å². The van der Waals surface area contributed by atoms with Gasteiger partial charge in [-0.25, -0.2) is 13.8 Å². The second-order valence-corrected chi connectivity index (χ2v) is 8.85. The minimum atomic E-state index is -0.792. The summed E-state index contributed by atoms with van der Waals surface area (Å²) in [5, 5.41) is 8.08. The fourth-order valence-electron chi connectivity index (χ4n) is 4.39. The second kappa shape index (κ2) is 13.0. The van der Waals surface area contributed by atoms with Crippen molar-refractivity contribution in [3.05, 3.63) is 59.7 Å². The highest BCUT2D eigenvalue weighted by atomic mass is 35.5. The number of para-hydroxylation sites is 1. The predicted octanol–water partition coefficient (Wildman–Crippen LogP) is 5.62. The monoisotopic (exact) mass is 511 g/mol. The molecule has 2 aromatic carbocycles. The number of nitrogens with zero attached hydrogens (tertiary/aromatic N) is 3. The van der Waals surface area contributed by atoms with Gasteiger partial charge >= 0.3 is 0 Å². The Morgan fingerprint density at radius 3 is 2.38 bits per heavy atom. The lowest BCUT2D eigenvalue weighted by Gasteiger charge is -2.29. The zero-order valence-electron chi connectivity index (χ0n) is 19.6. The summed E-state index contributed by atoms with van der Waals surface area (Å²) in [6, 6.07) is 12.6. The van der Waals surface area contributed by atoms with Gasteiger partial charge in [0.05, 0.1) is 5.52 Å². The van der Waals surface area contributed by atoms with Crippen molar-refractivity contribution in [3.8, 4) is 0 Å². The lowest BCUT2D eigenvalue weighted by Crippen LogP contribution is -2.32. The van der Waals surface area contributed by atoms with Crippen molar-refractivity contribution < 1.29 is 8.78 Å². The van der Waals surface area contributed by atoms with Gasteiger partial charge in [-0.2, -0.15) is 4.98 Å². The Balaban J connectivity index is 0.00000204. The maximum Gasteiger partial charge on any atom is 0.225 e. The molecule has 2 N–H and O–H groups in total. The standard InChI is InChI=1S/C25H31F2N5.2ClH/c1-32(2)24-20-5-3-4-6-23(20)30-25(31-24)29-19-10-7-18(8-11-19)16-28-14-13-17-9-12-21(26)22(27)15-17;;/h3-6,9,12,15,18-19,28H,7-8,10-11,13-14,16H2,1-2H3,(H,29,30,31);2*1H. The van der Waals surface area contributed by atoms with E-state index in [1.54, 1.807) is 6.07 Å². The third kappa shape index (κ3) is 7.14. The molecule has 0 bridgehead atoms. The van der Waals surface area contributed by atoms with Crippen LogP contribution >= 0.6 is 24.8 Å². The molecule has 9 heteroatoms. The number of aromatic nitrogens is 2. The molecule has 4 rings (SSSR count). The Hall–Kier alpha value is -2.22. The normalized spacial score (nSPS) is 17.5. The summed E-state index contributed by atoms with van der Waals surface area (Å²) in [5.41, 5.74) is 1.77. The largest absolute Gasteiger partial charge is 0.362 e. The third-order valence-corrected chi connectivity index (χ3v) is 6.19. The minimum absolute atomic E-state index is 0. The molecule has 0 saturated heterocycles. The van der Waals surface area contributed by atoms with Crippen LogP contribution in [0.15, 0.2) is 42.5 Å². The average molecular weight is 512 g/mol.